The highest BCUT2D eigenvalue weighted by Crippen LogP contribution is 2.18. The second kappa shape index (κ2) is 7.04. The third-order valence-corrected chi connectivity index (χ3v) is 4.84. The first-order valence-corrected chi connectivity index (χ1v) is 8.85. The number of hydrogen-bond acceptors (Lipinski definition) is 6. The summed E-state index contributed by atoms with van der Waals surface area (Å²) in [5.41, 5.74) is 0.425. The van der Waals surface area contributed by atoms with Crippen LogP contribution in [-0.4, -0.2) is 65.3 Å². The summed E-state index contributed by atoms with van der Waals surface area (Å²) in [6, 6.07) is 9.61. The molecule has 7 nitrogen and oxygen atoms in total. The highest BCUT2D eigenvalue weighted by molar-refractivity contribution is 5.92. The molecule has 130 valence electrons. The molecule has 4 heterocycles. The van der Waals surface area contributed by atoms with Gasteiger partial charge in [-0.1, -0.05) is 6.07 Å². The summed E-state index contributed by atoms with van der Waals surface area (Å²) in [4.78, 5) is 23.3. The average molecular weight is 338 g/mol. The van der Waals surface area contributed by atoms with E-state index in [-0.39, 0.29) is 5.91 Å². The van der Waals surface area contributed by atoms with Crippen molar-refractivity contribution in [1.82, 2.24) is 20.1 Å². The van der Waals surface area contributed by atoms with Crippen LogP contribution in [0.15, 0.2) is 36.5 Å². The van der Waals surface area contributed by atoms with Crippen LogP contribution in [0.5, 0.6) is 0 Å². The minimum atomic E-state index is -0.0406. The lowest BCUT2D eigenvalue weighted by Crippen LogP contribution is -2.49. The number of hydrogen-bond donors (Lipinski definition) is 0. The average Bonchev–Trinajstić information content (AvgIpc) is 3.23. The molecule has 4 rings (SSSR count). The van der Waals surface area contributed by atoms with Crippen molar-refractivity contribution in [3.8, 4) is 0 Å². The largest absolute Gasteiger partial charge is 0.355 e. The second-order valence-electron chi connectivity index (χ2n) is 6.44. The molecule has 25 heavy (non-hydrogen) atoms. The number of nitrogens with zero attached hydrogens (tertiary/aromatic N) is 6. The van der Waals surface area contributed by atoms with Crippen molar-refractivity contribution in [3.05, 3.63) is 42.2 Å². The Balaban J connectivity index is 1.37. The molecule has 0 atom stereocenters. The fraction of sp³-hybridized carbons (Fsp3) is 0.444. The van der Waals surface area contributed by atoms with Crippen molar-refractivity contribution in [2.24, 2.45) is 0 Å². The molecule has 2 saturated heterocycles. The standard InChI is InChI=1S/C18H22N6O/c25-18(15-6-7-17(21-20-15)22-9-3-4-10-22)24-13-11-23(12-14-24)16-5-1-2-8-19-16/h1-2,5-8H,3-4,9-14H2. The maximum atomic E-state index is 12.7. The molecule has 0 radical (unpaired) electrons. The normalized spacial score (nSPS) is 17.8. The number of piperazine rings is 1. The van der Waals surface area contributed by atoms with Crippen LogP contribution in [-0.2, 0) is 0 Å². The molecule has 0 aromatic carbocycles. The summed E-state index contributed by atoms with van der Waals surface area (Å²) in [5, 5.41) is 8.41. The van der Waals surface area contributed by atoms with Crippen LogP contribution in [0.3, 0.4) is 0 Å². The van der Waals surface area contributed by atoms with E-state index in [4.69, 9.17) is 0 Å². The first-order chi connectivity index (χ1) is 12.3. The Morgan fingerprint density at radius 3 is 2.20 bits per heavy atom. The second-order valence-corrected chi connectivity index (χ2v) is 6.44. The zero-order chi connectivity index (χ0) is 17.1. The van der Waals surface area contributed by atoms with E-state index in [1.807, 2.05) is 29.2 Å². The Kier molecular flexibility index (Phi) is 4.45. The summed E-state index contributed by atoms with van der Waals surface area (Å²) in [7, 11) is 0. The van der Waals surface area contributed by atoms with Gasteiger partial charge in [0.05, 0.1) is 0 Å². The summed E-state index contributed by atoms with van der Waals surface area (Å²) in [6.07, 6.45) is 4.19. The van der Waals surface area contributed by atoms with Crippen LogP contribution in [0, 0.1) is 0 Å². The molecule has 0 unspecified atom stereocenters. The summed E-state index contributed by atoms with van der Waals surface area (Å²) in [5.74, 6) is 1.79. The number of carbonyl (C=O) groups excluding carboxylic acids is 1. The van der Waals surface area contributed by atoms with Gasteiger partial charge in [-0.3, -0.25) is 4.79 Å². The van der Waals surface area contributed by atoms with Crippen molar-refractivity contribution < 1.29 is 4.79 Å². The van der Waals surface area contributed by atoms with E-state index in [1.165, 1.54) is 12.8 Å². The molecule has 0 spiro atoms. The van der Waals surface area contributed by atoms with E-state index < -0.39 is 0 Å². The number of rotatable bonds is 3. The van der Waals surface area contributed by atoms with Gasteiger partial charge in [-0.2, -0.15) is 0 Å². The minimum absolute atomic E-state index is 0.0406. The maximum Gasteiger partial charge on any atom is 0.274 e. The highest BCUT2D eigenvalue weighted by Gasteiger charge is 2.24. The Labute approximate surface area is 147 Å². The van der Waals surface area contributed by atoms with E-state index >= 15 is 0 Å². The zero-order valence-corrected chi connectivity index (χ0v) is 14.2. The molecular weight excluding hydrogens is 316 g/mol. The smallest absolute Gasteiger partial charge is 0.274 e. The van der Waals surface area contributed by atoms with Crippen molar-refractivity contribution in [3.63, 3.8) is 0 Å². The molecule has 0 N–H and O–H groups in total. The van der Waals surface area contributed by atoms with E-state index in [9.17, 15) is 4.79 Å². The predicted molar refractivity (Wildman–Crippen MR) is 95.8 cm³/mol. The quantitative estimate of drug-likeness (QED) is 0.844. The molecule has 2 fully saturated rings. The maximum absolute atomic E-state index is 12.7. The number of carbonyl (C=O) groups is 1. The minimum Gasteiger partial charge on any atom is -0.355 e. The molecular formula is C18H22N6O. The van der Waals surface area contributed by atoms with Crippen LogP contribution < -0.4 is 9.80 Å². The van der Waals surface area contributed by atoms with Crippen LogP contribution in [0.25, 0.3) is 0 Å². The van der Waals surface area contributed by atoms with Gasteiger partial charge < -0.3 is 14.7 Å². The Hall–Kier alpha value is -2.70. The van der Waals surface area contributed by atoms with Gasteiger partial charge in [0.1, 0.15) is 5.82 Å². The van der Waals surface area contributed by atoms with E-state index in [2.05, 4.69) is 25.0 Å². The Morgan fingerprint density at radius 1 is 0.800 bits per heavy atom. The van der Waals surface area contributed by atoms with Crippen molar-refractivity contribution in [2.75, 3.05) is 49.1 Å². The number of anilines is 2. The molecule has 0 saturated carbocycles. The van der Waals surface area contributed by atoms with Crippen LogP contribution in [0.2, 0.25) is 0 Å². The van der Waals surface area contributed by atoms with E-state index in [0.29, 0.717) is 18.8 Å². The van der Waals surface area contributed by atoms with Crippen molar-refractivity contribution >= 4 is 17.5 Å². The topological polar surface area (TPSA) is 65.5 Å². The van der Waals surface area contributed by atoms with E-state index in [0.717, 1.165) is 37.8 Å². The molecule has 2 aromatic rings. The molecule has 7 heteroatoms. The molecule has 2 aliphatic rings. The van der Waals surface area contributed by atoms with Gasteiger partial charge in [-0.15, -0.1) is 10.2 Å². The fourth-order valence-electron chi connectivity index (χ4n) is 3.40. The van der Waals surface area contributed by atoms with Crippen LogP contribution >= 0.6 is 0 Å². The summed E-state index contributed by atoms with van der Waals surface area (Å²) < 4.78 is 0. The van der Waals surface area contributed by atoms with E-state index in [1.54, 1.807) is 12.3 Å². The third kappa shape index (κ3) is 3.40. The SMILES string of the molecule is O=C(c1ccc(N2CCCC2)nn1)N1CCN(c2ccccn2)CC1. The van der Waals surface area contributed by atoms with Gasteiger partial charge in [-0.25, -0.2) is 4.98 Å². The van der Waals surface area contributed by atoms with Gasteiger partial charge in [0.15, 0.2) is 11.5 Å². The third-order valence-electron chi connectivity index (χ3n) is 4.84. The van der Waals surface area contributed by atoms with Gasteiger partial charge in [-0.05, 0) is 37.1 Å². The number of pyridine rings is 1. The monoisotopic (exact) mass is 338 g/mol. The van der Waals surface area contributed by atoms with Crippen molar-refractivity contribution in [1.29, 1.82) is 0 Å². The van der Waals surface area contributed by atoms with Crippen LogP contribution in [0.1, 0.15) is 23.3 Å². The Morgan fingerprint density at radius 2 is 1.56 bits per heavy atom. The van der Waals surface area contributed by atoms with Gasteiger partial charge in [0.2, 0.25) is 0 Å². The van der Waals surface area contributed by atoms with Crippen molar-refractivity contribution in [2.45, 2.75) is 12.8 Å². The predicted octanol–water partition coefficient (Wildman–Crippen LogP) is 1.43. The number of amides is 1. The molecule has 2 aliphatic heterocycles. The first-order valence-electron chi connectivity index (χ1n) is 8.85. The van der Waals surface area contributed by atoms with Gasteiger partial charge in [0.25, 0.3) is 5.91 Å². The lowest BCUT2D eigenvalue weighted by Gasteiger charge is -2.35. The highest BCUT2D eigenvalue weighted by atomic mass is 16.2. The van der Waals surface area contributed by atoms with Gasteiger partial charge in [0, 0.05) is 45.5 Å². The lowest BCUT2D eigenvalue weighted by molar-refractivity contribution is 0.0739. The first kappa shape index (κ1) is 15.8. The summed E-state index contributed by atoms with van der Waals surface area (Å²) >= 11 is 0. The zero-order valence-electron chi connectivity index (χ0n) is 14.2. The summed E-state index contributed by atoms with van der Waals surface area (Å²) in [6.45, 7) is 4.95. The molecule has 2 aromatic heterocycles. The number of aromatic nitrogens is 3. The fourth-order valence-corrected chi connectivity index (χ4v) is 3.40. The molecule has 0 bridgehead atoms. The molecule has 0 aliphatic carbocycles. The lowest BCUT2D eigenvalue weighted by atomic mass is 10.2. The van der Waals surface area contributed by atoms with Gasteiger partial charge >= 0.3 is 0 Å². The molecule has 1 amide bonds. The van der Waals surface area contributed by atoms with Crippen LogP contribution in [0.4, 0.5) is 11.6 Å². The Bertz CT molecular complexity index is 706.